The van der Waals surface area contributed by atoms with Crippen molar-refractivity contribution in [3.8, 4) is 0 Å². The Bertz CT molecular complexity index is 367. The molecule has 0 radical (unpaired) electrons. The summed E-state index contributed by atoms with van der Waals surface area (Å²) >= 11 is 0. The minimum atomic E-state index is -4.47. The van der Waals surface area contributed by atoms with E-state index in [9.17, 15) is 22.8 Å². The predicted molar refractivity (Wildman–Crippen MR) is 62.4 cm³/mol. The maximum atomic E-state index is 12.3. The number of Topliss-reactive ketones (excluding diaryl/α,β-unsaturated/α-hetero) is 1. The first-order valence-electron chi connectivity index (χ1n) is 6.77. The number of hydrogen-bond acceptors (Lipinski definition) is 2. The molecule has 3 nitrogen and oxygen atoms in total. The Morgan fingerprint density at radius 3 is 2.58 bits per heavy atom. The number of halogens is 3. The largest absolute Gasteiger partial charge is 0.397 e. The Hall–Kier alpha value is -1.07. The number of likely N-dealkylation sites (tertiary alicyclic amines) is 1. The summed E-state index contributed by atoms with van der Waals surface area (Å²) < 4.78 is 36.9. The van der Waals surface area contributed by atoms with Crippen LogP contribution < -0.4 is 0 Å². The van der Waals surface area contributed by atoms with Crippen molar-refractivity contribution in [2.45, 2.75) is 57.2 Å². The second kappa shape index (κ2) is 5.51. The molecule has 0 N–H and O–H groups in total. The van der Waals surface area contributed by atoms with Gasteiger partial charge in [0.05, 0.1) is 0 Å². The summed E-state index contributed by atoms with van der Waals surface area (Å²) in [5.74, 6) is -1.01. The van der Waals surface area contributed by atoms with E-state index in [0.717, 1.165) is 12.8 Å². The third-order valence-corrected chi connectivity index (χ3v) is 4.04. The summed E-state index contributed by atoms with van der Waals surface area (Å²) in [4.78, 5) is 24.9. The number of nitrogens with zero attached hydrogens (tertiary/aromatic N) is 1. The molecule has 2 aliphatic rings. The molecule has 1 aliphatic heterocycles. The average Bonchev–Trinajstić information content (AvgIpc) is 2.76. The molecule has 1 aliphatic carbocycles. The lowest BCUT2D eigenvalue weighted by molar-refractivity contribution is -0.162. The number of carbonyl (C=O) groups is 2. The molecule has 0 aromatic heterocycles. The zero-order valence-corrected chi connectivity index (χ0v) is 10.7. The number of rotatable bonds is 2. The van der Waals surface area contributed by atoms with Crippen molar-refractivity contribution in [2.75, 3.05) is 6.54 Å². The second-order valence-corrected chi connectivity index (χ2v) is 5.41. The molecule has 1 amide bonds. The topological polar surface area (TPSA) is 37.4 Å². The quantitative estimate of drug-likeness (QED) is 0.778. The Morgan fingerprint density at radius 2 is 1.95 bits per heavy atom. The third kappa shape index (κ3) is 3.48. The number of ketones is 1. The molecule has 2 atom stereocenters. The van der Waals surface area contributed by atoms with Gasteiger partial charge in [0.2, 0.25) is 5.91 Å². The van der Waals surface area contributed by atoms with Crippen LogP contribution in [0.5, 0.6) is 0 Å². The highest BCUT2D eigenvalue weighted by atomic mass is 19.4. The smallest absolute Gasteiger partial charge is 0.339 e. The molecule has 2 unspecified atom stereocenters. The van der Waals surface area contributed by atoms with Gasteiger partial charge in [-0.3, -0.25) is 9.59 Å². The first-order chi connectivity index (χ1) is 8.88. The SMILES string of the molecule is O=C1CCCCC1C1CCCN1C(=O)CC(F)(F)F. The molecule has 2 rings (SSSR count). The maximum Gasteiger partial charge on any atom is 0.397 e. The monoisotopic (exact) mass is 277 g/mol. The minimum absolute atomic E-state index is 0.114. The van der Waals surface area contributed by atoms with Crippen molar-refractivity contribution in [3.05, 3.63) is 0 Å². The fourth-order valence-electron chi connectivity index (χ4n) is 3.21. The summed E-state index contributed by atoms with van der Waals surface area (Å²) in [6.07, 6.45) is -1.54. The predicted octanol–water partition coefficient (Wildman–Crippen LogP) is 2.69. The van der Waals surface area contributed by atoms with Gasteiger partial charge in [-0.1, -0.05) is 6.42 Å². The highest BCUT2D eigenvalue weighted by molar-refractivity contribution is 5.84. The summed E-state index contributed by atoms with van der Waals surface area (Å²) in [5.41, 5.74) is 0. The third-order valence-electron chi connectivity index (χ3n) is 4.04. The highest BCUT2D eigenvalue weighted by Crippen LogP contribution is 2.33. The Kier molecular flexibility index (Phi) is 4.16. The molecule has 0 aromatic rings. The van der Waals surface area contributed by atoms with Crippen LogP contribution in [-0.2, 0) is 9.59 Å². The van der Waals surface area contributed by atoms with Gasteiger partial charge in [-0.2, -0.15) is 13.2 Å². The first-order valence-corrected chi connectivity index (χ1v) is 6.77. The van der Waals surface area contributed by atoms with Gasteiger partial charge < -0.3 is 4.90 Å². The van der Waals surface area contributed by atoms with Crippen molar-refractivity contribution in [1.82, 2.24) is 4.90 Å². The maximum absolute atomic E-state index is 12.3. The van der Waals surface area contributed by atoms with Gasteiger partial charge >= 0.3 is 6.18 Å². The highest BCUT2D eigenvalue weighted by Gasteiger charge is 2.42. The second-order valence-electron chi connectivity index (χ2n) is 5.41. The molecule has 1 saturated heterocycles. The van der Waals surface area contributed by atoms with E-state index in [4.69, 9.17) is 0 Å². The van der Waals surface area contributed by atoms with Gasteiger partial charge in [-0.25, -0.2) is 0 Å². The van der Waals surface area contributed by atoms with Crippen LogP contribution in [0.4, 0.5) is 13.2 Å². The Morgan fingerprint density at radius 1 is 1.21 bits per heavy atom. The van der Waals surface area contributed by atoms with Crippen LogP contribution in [0, 0.1) is 5.92 Å². The van der Waals surface area contributed by atoms with Crippen molar-refractivity contribution in [2.24, 2.45) is 5.92 Å². The van der Waals surface area contributed by atoms with Gasteiger partial charge in [-0.05, 0) is 25.7 Å². The van der Waals surface area contributed by atoms with Crippen LogP contribution in [0.1, 0.15) is 44.9 Å². The number of alkyl halides is 3. The van der Waals surface area contributed by atoms with E-state index in [1.54, 1.807) is 0 Å². The first kappa shape index (κ1) is 14.3. The molecule has 0 aromatic carbocycles. The number of amides is 1. The Balaban J connectivity index is 2.04. The number of carbonyl (C=O) groups excluding carboxylic acids is 2. The zero-order chi connectivity index (χ0) is 14.0. The van der Waals surface area contributed by atoms with Gasteiger partial charge in [0.1, 0.15) is 12.2 Å². The molecule has 2 fully saturated rings. The molecule has 0 bridgehead atoms. The lowest BCUT2D eigenvalue weighted by Gasteiger charge is -2.33. The summed E-state index contributed by atoms with van der Waals surface area (Å²) in [5, 5.41) is 0. The average molecular weight is 277 g/mol. The standard InChI is InChI=1S/C13H18F3NO2/c14-13(15,16)8-12(19)17-7-3-5-10(17)9-4-1-2-6-11(9)18/h9-10H,1-8H2. The van der Waals surface area contributed by atoms with Crippen LogP contribution in [0.2, 0.25) is 0 Å². The van der Waals surface area contributed by atoms with Crippen LogP contribution in [-0.4, -0.2) is 35.4 Å². The summed E-state index contributed by atoms with van der Waals surface area (Å²) in [7, 11) is 0. The van der Waals surface area contributed by atoms with E-state index in [1.165, 1.54) is 4.90 Å². The van der Waals surface area contributed by atoms with E-state index >= 15 is 0 Å². The van der Waals surface area contributed by atoms with Gasteiger partial charge in [-0.15, -0.1) is 0 Å². The van der Waals surface area contributed by atoms with Crippen molar-refractivity contribution in [1.29, 1.82) is 0 Å². The summed E-state index contributed by atoms with van der Waals surface area (Å²) in [6, 6.07) is -0.303. The molecular formula is C13H18F3NO2. The fourth-order valence-corrected chi connectivity index (χ4v) is 3.21. The molecule has 1 heterocycles. The van der Waals surface area contributed by atoms with E-state index in [0.29, 0.717) is 32.2 Å². The van der Waals surface area contributed by atoms with Crippen LogP contribution >= 0.6 is 0 Å². The molecule has 19 heavy (non-hydrogen) atoms. The fraction of sp³-hybridized carbons (Fsp3) is 0.846. The van der Waals surface area contributed by atoms with Crippen LogP contribution in [0.25, 0.3) is 0 Å². The normalized spacial score (nSPS) is 28.8. The van der Waals surface area contributed by atoms with E-state index in [-0.39, 0.29) is 17.7 Å². The van der Waals surface area contributed by atoms with Crippen molar-refractivity contribution >= 4 is 11.7 Å². The molecule has 108 valence electrons. The Labute approximate surface area is 110 Å². The van der Waals surface area contributed by atoms with E-state index in [1.807, 2.05) is 0 Å². The van der Waals surface area contributed by atoms with Crippen molar-refractivity contribution in [3.63, 3.8) is 0 Å². The number of hydrogen-bond donors (Lipinski definition) is 0. The molecule has 6 heteroatoms. The summed E-state index contributed by atoms with van der Waals surface area (Å²) in [6.45, 7) is 0.351. The van der Waals surface area contributed by atoms with Crippen molar-refractivity contribution < 1.29 is 22.8 Å². The van der Waals surface area contributed by atoms with Gasteiger partial charge in [0.25, 0.3) is 0 Å². The molecular weight excluding hydrogens is 259 g/mol. The molecule has 1 saturated carbocycles. The van der Waals surface area contributed by atoms with E-state index in [2.05, 4.69) is 0 Å². The van der Waals surface area contributed by atoms with Gasteiger partial charge in [0, 0.05) is 24.9 Å². The molecule has 0 spiro atoms. The van der Waals surface area contributed by atoms with Gasteiger partial charge in [0.15, 0.2) is 0 Å². The van der Waals surface area contributed by atoms with Crippen LogP contribution in [0.15, 0.2) is 0 Å². The zero-order valence-electron chi connectivity index (χ0n) is 10.7. The lowest BCUT2D eigenvalue weighted by Crippen LogP contribution is -2.44. The van der Waals surface area contributed by atoms with E-state index < -0.39 is 18.5 Å². The minimum Gasteiger partial charge on any atom is -0.339 e. The lowest BCUT2D eigenvalue weighted by atomic mass is 9.82. The van der Waals surface area contributed by atoms with Crippen LogP contribution in [0.3, 0.4) is 0 Å².